The molecule has 2 N–H and O–H groups in total. The molecule has 0 spiro atoms. The Morgan fingerprint density at radius 2 is 1.86 bits per heavy atom. The average Bonchev–Trinajstić information content (AvgIpc) is 2.19. The number of nitrogens with one attached hydrogen (secondary N) is 1. The molecule has 0 rings (SSSR count). The van der Waals surface area contributed by atoms with E-state index in [1.165, 1.54) is 0 Å². The van der Waals surface area contributed by atoms with E-state index in [-0.39, 0.29) is 12.0 Å². The van der Waals surface area contributed by atoms with Crippen LogP contribution in [0.3, 0.4) is 0 Å². The zero-order chi connectivity index (χ0) is 11.0. The molecule has 0 fully saturated rings. The topological polar surface area (TPSA) is 41.5 Å². The van der Waals surface area contributed by atoms with E-state index < -0.39 is 0 Å². The van der Waals surface area contributed by atoms with Gasteiger partial charge in [0.25, 0.3) is 0 Å². The van der Waals surface area contributed by atoms with E-state index in [4.69, 9.17) is 4.84 Å². The molecule has 0 unspecified atom stereocenters. The zero-order valence-electron chi connectivity index (χ0n) is 9.97. The van der Waals surface area contributed by atoms with Gasteiger partial charge in [-0.2, -0.15) is 0 Å². The van der Waals surface area contributed by atoms with Crippen LogP contribution in [0.4, 0.5) is 0 Å². The minimum absolute atomic E-state index is 0.0169. The third kappa shape index (κ3) is 4.94. The summed E-state index contributed by atoms with van der Waals surface area (Å²) in [6.45, 7) is 10.1. The van der Waals surface area contributed by atoms with E-state index >= 15 is 0 Å². The predicted molar refractivity (Wildman–Crippen MR) is 58.9 cm³/mol. The van der Waals surface area contributed by atoms with Crippen LogP contribution in [-0.4, -0.2) is 24.9 Å². The summed E-state index contributed by atoms with van der Waals surface area (Å²) < 4.78 is 0. The number of aliphatic hydroxyl groups excluding tert-OH is 1. The number of aliphatic hydroxyl groups is 1. The monoisotopic (exact) mass is 203 g/mol. The van der Waals surface area contributed by atoms with Crippen molar-refractivity contribution in [1.82, 2.24) is 5.48 Å². The average molecular weight is 203 g/mol. The molecule has 0 heterocycles. The molecule has 0 aromatic rings. The fourth-order valence-electron chi connectivity index (χ4n) is 1.21. The molecule has 0 aliphatic carbocycles. The molecule has 0 radical (unpaired) electrons. The smallest absolute Gasteiger partial charge is 0.0705 e. The summed E-state index contributed by atoms with van der Waals surface area (Å²) in [4.78, 5) is 5.29. The van der Waals surface area contributed by atoms with E-state index in [0.717, 1.165) is 26.0 Å². The third-order valence-corrected chi connectivity index (χ3v) is 2.80. The van der Waals surface area contributed by atoms with Crippen LogP contribution in [0.1, 0.15) is 40.5 Å². The first-order chi connectivity index (χ1) is 6.60. The lowest BCUT2D eigenvalue weighted by Crippen LogP contribution is -2.37. The standard InChI is InChI=1S/C11H25NO2/c1-5-11(6-2,9-13)8-12-14-7-10(3)4/h10,12-13H,5-9H2,1-4H3. The van der Waals surface area contributed by atoms with Gasteiger partial charge >= 0.3 is 0 Å². The van der Waals surface area contributed by atoms with Gasteiger partial charge in [-0.25, -0.2) is 5.48 Å². The maximum atomic E-state index is 9.29. The van der Waals surface area contributed by atoms with Gasteiger partial charge in [-0.05, 0) is 18.8 Å². The Morgan fingerprint density at radius 1 is 1.29 bits per heavy atom. The lowest BCUT2D eigenvalue weighted by Gasteiger charge is -2.29. The molecule has 0 atom stereocenters. The van der Waals surface area contributed by atoms with Gasteiger partial charge in [-0.3, -0.25) is 0 Å². The van der Waals surface area contributed by atoms with Crippen LogP contribution < -0.4 is 5.48 Å². The number of hydrogen-bond donors (Lipinski definition) is 2. The molecule has 14 heavy (non-hydrogen) atoms. The minimum Gasteiger partial charge on any atom is -0.396 e. The first-order valence-electron chi connectivity index (χ1n) is 5.55. The van der Waals surface area contributed by atoms with Crippen molar-refractivity contribution in [2.45, 2.75) is 40.5 Å². The Labute approximate surface area is 87.8 Å². The van der Waals surface area contributed by atoms with Gasteiger partial charge in [0.15, 0.2) is 0 Å². The molecule has 0 amide bonds. The van der Waals surface area contributed by atoms with Gasteiger partial charge in [0.2, 0.25) is 0 Å². The van der Waals surface area contributed by atoms with Gasteiger partial charge in [-0.1, -0.05) is 27.7 Å². The van der Waals surface area contributed by atoms with Crippen molar-refractivity contribution in [3.8, 4) is 0 Å². The summed E-state index contributed by atoms with van der Waals surface area (Å²) in [6.07, 6.45) is 1.94. The molecule has 0 saturated heterocycles. The van der Waals surface area contributed by atoms with E-state index in [1.54, 1.807) is 0 Å². The van der Waals surface area contributed by atoms with E-state index in [9.17, 15) is 5.11 Å². The van der Waals surface area contributed by atoms with Crippen molar-refractivity contribution in [3.63, 3.8) is 0 Å². The van der Waals surface area contributed by atoms with Crippen LogP contribution in [0.25, 0.3) is 0 Å². The second-order valence-electron chi connectivity index (χ2n) is 4.39. The van der Waals surface area contributed by atoms with Crippen molar-refractivity contribution < 1.29 is 9.94 Å². The lowest BCUT2D eigenvalue weighted by molar-refractivity contribution is -0.0138. The van der Waals surface area contributed by atoms with Gasteiger partial charge in [0, 0.05) is 18.6 Å². The lowest BCUT2D eigenvalue weighted by atomic mass is 9.83. The molecule has 3 heteroatoms. The van der Waals surface area contributed by atoms with Crippen LogP contribution in [0.2, 0.25) is 0 Å². The van der Waals surface area contributed by atoms with Crippen molar-refractivity contribution in [2.75, 3.05) is 19.8 Å². The van der Waals surface area contributed by atoms with Crippen LogP contribution >= 0.6 is 0 Å². The van der Waals surface area contributed by atoms with Crippen LogP contribution in [0.5, 0.6) is 0 Å². The summed E-state index contributed by atoms with van der Waals surface area (Å²) in [5.41, 5.74) is 2.93. The highest BCUT2D eigenvalue weighted by Gasteiger charge is 2.24. The quantitative estimate of drug-likeness (QED) is 0.468. The molecular weight excluding hydrogens is 178 g/mol. The van der Waals surface area contributed by atoms with E-state index in [0.29, 0.717) is 5.92 Å². The van der Waals surface area contributed by atoms with Gasteiger partial charge in [0.1, 0.15) is 0 Å². The summed E-state index contributed by atoms with van der Waals surface area (Å²) >= 11 is 0. The molecule has 0 bridgehead atoms. The van der Waals surface area contributed by atoms with Gasteiger partial charge in [-0.15, -0.1) is 0 Å². The maximum Gasteiger partial charge on any atom is 0.0705 e. The molecular formula is C11H25NO2. The Kier molecular flexibility index (Phi) is 7.15. The highest BCUT2D eigenvalue weighted by molar-refractivity contribution is 4.76. The first kappa shape index (κ1) is 13.9. The van der Waals surface area contributed by atoms with Crippen LogP contribution in [0, 0.1) is 11.3 Å². The molecule has 0 aliphatic rings. The van der Waals surface area contributed by atoms with Crippen molar-refractivity contribution >= 4 is 0 Å². The third-order valence-electron chi connectivity index (χ3n) is 2.80. The highest BCUT2D eigenvalue weighted by atomic mass is 16.6. The number of hydroxylamine groups is 1. The second-order valence-corrected chi connectivity index (χ2v) is 4.39. The van der Waals surface area contributed by atoms with Crippen LogP contribution in [-0.2, 0) is 4.84 Å². The Morgan fingerprint density at radius 3 is 2.21 bits per heavy atom. The molecule has 86 valence electrons. The Bertz CT molecular complexity index is 125. The van der Waals surface area contributed by atoms with Crippen LogP contribution in [0.15, 0.2) is 0 Å². The normalized spacial score (nSPS) is 12.4. The molecule has 0 aromatic carbocycles. The molecule has 3 nitrogen and oxygen atoms in total. The predicted octanol–water partition coefficient (Wildman–Crippen LogP) is 1.96. The molecule has 0 aromatic heterocycles. The molecule has 0 saturated carbocycles. The van der Waals surface area contributed by atoms with E-state index in [2.05, 4.69) is 33.2 Å². The maximum absolute atomic E-state index is 9.29. The van der Waals surface area contributed by atoms with Crippen molar-refractivity contribution in [1.29, 1.82) is 0 Å². The van der Waals surface area contributed by atoms with Gasteiger partial charge < -0.3 is 9.94 Å². The molecule has 0 aliphatic heterocycles. The second kappa shape index (κ2) is 7.21. The number of hydrogen-bond acceptors (Lipinski definition) is 3. The highest BCUT2D eigenvalue weighted by Crippen LogP contribution is 2.24. The fourth-order valence-corrected chi connectivity index (χ4v) is 1.21. The zero-order valence-corrected chi connectivity index (χ0v) is 9.97. The largest absolute Gasteiger partial charge is 0.396 e. The summed E-state index contributed by atoms with van der Waals surface area (Å²) in [5, 5.41) is 9.29. The summed E-state index contributed by atoms with van der Waals surface area (Å²) in [5.74, 6) is 0.536. The Hall–Kier alpha value is -0.120. The van der Waals surface area contributed by atoms with Crippen molar-refractivity contribution in [2.24, 2.45) is 11.3 Å². The Balaban J connectivity index is 3.71. The SMILES string of the molecule is CCC(CC)(CO)CNOCC(C)C. The number of rotatable bonds is 8. The minimum atomic E-state index is -0.0169. The first-order valence-corrected chi connectivity index (χ1v) is 5.55. The van der Waals surface area contributed by atoms with Gasteiger partial charge in [0.05, 0.1) is 6.61 Å². The van der Waals surface area contributed by atoms with Crippen molar-refractivity contribution in [3.05, 3.63) is 0 Å². The summed E-state index contributed by atoms with van der Waals surface area (Å²) in [7, 11) is 0. The summed E-state index contributed by atoms with van der Waals surface area (Å²) in [6, 6.07) is 0. The fraction of sp³-hybridized carbons (Fsp3) is 1.00. The van der Waals surface area contributed by atoms with E-state index in [1.807, 2.05) is 0 Å².